The minimum absolute atomic E-state index is 0. The lowest BCUT2D eigenvalue weighted by Crippen LogP contribution is -2.53. The quantitative estimate of drug-likeness (QED) is 0.876. The van der Waals surface area contributed by atoms with Crippen molar-refractivity contribution < 1.29 is 9.59 Å². The predicted octanol–water partition coefficient (Wildman–Crippen LogP) is 1.40. The Hall–Kier alpha value is -1.59. The van der Waals surface area contributed by atoms with Crippen LogP contribution in [0.15, 0.2) is 30.3 Å². The Kier molecular flexibility index (Phi) is 6.38. The van der Waals surface area contributed by atoms with Crippen LogP contribution in [0.4, 0.5) is 0 Å². The van der Waals surface area contributed by atoms with E-state index >= 15 is 0 Å². The average Bonchev–Trinajstić information content (AvgIpc) is 2.47. The Bertz CT molecular complexity index is 519. The minimum atomic E-state index is -1.05. The third-order valence-electron chi connectivity index (χ3n) is 4.11. The van der Waals surface area contributed by atoms with Gasteiger partial charge in [-0.3, -0.25) is 9.59 Å². The summed E-state index contributed by atoms with van der Waals surface area (Å²) in [5.74, 6) is -0.262. The van der Waals surface area contributed by atoms with Crippen LogP contribution in [0.3, 0.4) is 0 Å². The molecule has 2 rings (SSSR count). The lowest BCUT2D eigenvalue weighted by molar-refractivity contribution is -0.139. The molecule has 5 nitrogen and oxygen atoms in total. The Morgan fingerprint density at radius 1 is 1.32 bits per heavy atom. The van der Waals surface area contributed by atoms with Gasteiger partial charge in [-0.05, 0) is 31.2 Å². The van der Waals surface area contributed by atoms with E-state index in [0.717, 1.165) is 18.4 Å². The maximum Gasteiger partial charge on any atom is 0.246 e. The summed E-state index contributed by atoms with van der Waals surface area (Å²) in [5, 5.41) is 0. The van der Waals surface area contributed by atoms with Gasteiger partial charge in [0, 0.05) is 19.5 Å². The minimum Gasteiger partial charge on any atom is -0.370 e. The molecule has 1 heterocycles. The van der Waals surface area contributed by atoms with Gasteiger partial charge >= 0.3 is 0 Å². The molecule has 2 unspecified atom stereocenters. The maximum atomic E-state index is 12.7. The molecule has 22 heavy (non-hydrogen) atoms. The fraction of sp³-hybridized carbons (Fsp3) is 0.500. The molecule has 122 valence electrons. The van der Waals surface area contributed by atoms with E-state index in [1.54, 1.807) is 11.8 Å². The van der Waals surface area contributed by atoms with Crippen molar-refractivity contribution in [1.82, 2.24) is 4.90 Å². The summed E-state index contributed by atoms with van der Waals surface area (Å²) in [7, 11) is 0. The van der Waals surface area contributed by atoms with Crippen LogP contribution in [0.25, 0.3) is 0 Å². The molecule has 0 spiro atoms. The van der Waals surface area contributed by atoms with Gasteiger partial charge in [0.2, 0.25) is 11.8 Å². The first-order valence-electron chi connectivity index (χ1n) is 7.33. The number of rotatable bonds is 4. The fourth-order valence-electron chi connectivity index (χ4n) is 2.94. The summed E-state index contributed by atoms with van der Waals surface area (Å²) < 4.78 is 0. The number of amides is 2. The van der Waals surface area contributed by atoms with E-state index in [-0.39, 0.29) is 30.1 Å². The van der Waals surface area contributed by atoms with E-state index in [0.29, 0.717) is 19.5 Å². The molecular weight excluding hydrogens is 302 g/mol. The number of halogens is 1. The zero-order valence-electron chi connectivity index (χ0n) is 12.8. The van der Waals surface area contributed by atoms with Crippen molar-refractivity contribution >= 4 is 24.2 Å². The van der Waals surface area contributed by atoms with E-state index in [1.807, 2.05) is 30.3 Å². The number of benzene rings is 1. The highest BCUT2D eigenvalue weighted by Gasteiger charge is 2.36. The summed E-state index contributed by atoms with van der Waals surface area (Å²) in [6.45, 7) is 2.98. The third kappa shape index (κ3) is 4.21. The highest BCUT2D eigenvalue weighted by molar-refractivity contribution is 5.87. The van der Waals surface area contributed by atoms with Crippen molar-refractivity contribution in [3.05, 3.63) is 35.9 Å². The molecule has 6 heteroatoms. The standard InChI is InChI=1S/C16H23N3O2.ClH/c1-16(18,13-7-3-2-4-8-13)15(21)19-9-5-6-12(11-19)10-14(17)20;/h2-4,7-8,12H,5-6,9-11,18H2,1H3,(H2,17,20);1H. The van der Waals surface area contributed by atoms with Gasteiger partial charge in [-0.2, -0.15) is 0 Å². The summed E-state index contributed by atoms with van der Waals surface area (Å²) in [4.78, 5) is 25.6. The summed E-state index contributed by atoms with van der Waals surface area (Å²) in [6.07, 6.45) is 2.14. The number of carbonyl (C=O) groups is 2. The molecule has 4 N–H and O–H groups in total. The zero-order chi connectivity index (χ0) is 15.5. The molecule has 1 aromatic rings. The number of piperidine rings is 1. The second-order valence-corrected chi connectivity index (χ2v) is 6.00. The van der Waals surface area contributed by atoms with Crippen LogP contribution in [-0.2, 0) is 15.1 Å². The van der Waals surface area contributed by atoms with Gasteiger partial charge in [-0.15, -0.1) is 12.4 Å². The lowest BCUT2D eigenvalue weighted by atomic mass is 9.88. The number of nitrogens with two attached hydrogens (primary N) is 2. The van der Waals surface area contributed by atoms with Gasteiger partial charge in [-0.1, -0.05) is 30.3 Å². The average molecular weight is 326 g/mol. The van der Waals surface area contributed by atoms with Gasteiger partial charge in [0.05, 0.1) is 0 Å². The smallest absolute Gasteiger partial charge is 0.246 e. The van der Waals surface area contributed by atoms with E-state index < -0.39 is 5.54 Å². The van der Waals surface area contributed by atoms with E-state index in [1.165, 1.54) is 0 Å². The van der Waals surface area contributed by atoms with E-state index in [9.17, 15) is 9.59 Å². The lowest BCUT2D eigenvalue weighted by Gasteiger charge is -2.37. The molecule has 1 fully saturated rings. The molecule has 1 aliphatic heterocycles. The van der Waals surface area contributed by atoms with Crippen LogP contribution < -0.4 is 11.5 Å². The van der Waals surface area contributed by atoms with E-state index in [4.69, 9.17) is 11.5 Å². The highest BCUT2D eigenvalue weighted by Crippen LogP contribution is 2.25. The van der Waals surface area contributed by atoms with Crippen LogP contribution in [0.5, 0.6) is 0 Å². The van der Waals surface area contributed by atoms with Gasteiger partial charge in [0.15, 0.2) is 0 Å². The van der Waals surface area contributed by atoms with Crippen LogP contribution in [-0.4, -0.2) is 29.8 Å². The van der Waals surface area contributed by atoms with E-state index in [2.05, 4.69) is 0 Å². The Labute approximate surface area is 137 Å². The van der Waals surface area contributed by atoms with Crippen molar-refractivity contribution in [3.63, 3.8) is 0 Å². The first-order chi connectivity index (χ1) is 9.91. The maximum absolute atomic E-state index is 12.7. The van der Waals surface area contributed by atoms with Gasteiger partial charge in [-0.25, -0.2) is 0 Å². The van der Waals surface area contributed by atoms with Gasteiger partial charge in [0.25, 0.3) is 0 Å². The number of primary amides is 1. The summed E-state index contributed by atoms with van der Waals surface area (Å²) >= 11 is 0. The first-order valence-corrected chi connectivity index (χ1v) is 7.33. The molecule has 0 radical (unpaired) electrons. The molecule has 1 aliphatic rings. The second-order valence-electron chi connectivity index (χ2n) is 6.00. The van der Waals surface area contributed by atoms with Crippen molar-refractivity contribution in [1.29, 1.82) is 0 Å². The van der Waals surface area contributed by atoms with Crippen molar-refractivity contribution in [2.24, 2.45) is 17.4 Å². The third-order valence-corrected chi connectivity index (χ3v) is 4.11. The van der Waals surface area contributed by atoms with Crippen molar-refractivity contribution in [2.45, 2.75) is 31.7 Å². The molecule has 0 bridgehead atoms. The molecule has 0 aliphatic carbocycles. The van der Waals surface area contributed by atoms with Gasteiger partial charge in [0.1, 0.15) is 5.54 Å². The fourth-order valence-corrected chi connectivity index (χ4v) is 2.94. The number of carbonyl (C=O) groups excluding carboxylic acids is 2. The predicted molar refractivity (Wildman–Crippen MR) is 88.3 cm³/mol. The highest BCUT2D eigenvalue weighted by atomic mass is 35.5. The first kappa shape index (κ1) is 18.5. The SMILES string of the molecule is CC(N)(C(=O)N1CCCC(CC(N)=O)C1)c1ccccc1.Cl. The van der Waals surface area contributed by atoms with Crippen LogP contribution in [0.1, 0.15) is 31.7 Å². The molecule has 1 aromatic carbocycles. The molecule has 0 saturated carbocycles. The molecule has 0 aromatic heterocycles. The number of hydrogen-bond donors (Lipinski definition) is 2. The normalized spacial score (nSPS) is 20.6. The molecule has 1 saturated heterocycles. The zero-order valence-corrected chi connectivity index (χ0v) is 13.6. The van der Waals surface area contributed by atoms with Crippen molar-refractivity contribution in [3.8, 4) is 0 Å². The molecule has 2 atom stereocenters. The molecule has 2 amide bonds. The summed E-state index contributed by atoms with van der Waals surface area (Å²) in [5.41, 5.74) is 11.3. The number of hydrogen-bond acceptors (Lipinski definition) is 3. The van der Waals surface area contributed by atoms with Crippen LogP contribution in [0.2, 0.25) is 0 Å². The van der Waals surface area contributed by atoms with Crippen LogP contribution in [0, 0.1) is 5.92 Å². The summed E-state index contributed by atoms with van der Waals surface area (Å²) in [6, 6.07) is 9.37. The Morgan fingerprint density at radius 3 is 2.55 bits per heavy atom. The monoisotopic (exact) mass is 325 g/mol. The Balaban J connectivity index is 0.00000242. The molecular formula is C16H24ClN3O2. The van der Waals surface area contributed by atoms with Crippen LogP contribution >= 0.6 is 12.4 Å². The second kappa shape index (κ2) is 7.61. The largest absolute Gasteiger partial charge is 0.370 e. The Morgan fingerprint density at radius 2 is 1.95 bits per heavy atom. The number of likely N-dealkylation sites (tertiary alicyclic amines) is 1. The van der Waals surface area contributed by atoms with Crippen molar-refractivity contribution in [2.75, 3.05) is 13.1 Å². The topological polar surface area (TPSA) is 89.4 Å². The number of nitrogens with zero attached hydrogens (tertiary/aromatic N) is 1. The van der Waals surface area contributed by atoms with Gasteiger partial charge < -0.3 is 16.4 Å².